The van der Waals surface area contributed by atoms with Crippen LogP contribution in [0.3, 0.4) is 0 Å². The Kier molecular flexibility index (Phi) is 5.64. The smallest absolute Gasteiger partial charge is 0.0985 e. The second kappa shape index (κ2) is 5.69. The molecule has 0 heterocycles. The van der Waals surface area contributed by atoms with Crippen molar-refractivity contribution in [1.29, 1.82) is 0 Å². The van der Waals surface area contributed by atoms with E-state index in [0.29, 0.717) is 0 Å². The highest BCUT2D eigenvalue weighted by atomic mass is 16.5. The second-order valence-corrected chi connectivity index (χ2v) is 3.30. The van der Waals surface area contributed by atoms with Gasteiger partial charge in [-0.25, -0.2) is 0 Å². The van der Waals surface area contributed by atoms with Gasteiger partial charge in [0.15, 0.2) is 0 Å². The maximum atomic E-state index is 5.33. The van der Waals surface area contributed by atoms with Gasteiger partial charge in [0.05, 0.1) is 6.73 Å². The lowest BCUT2D eigenvalue weighted by atomic mass is 10.1. The van der Waals surface area contributed by atoms with Crippen molar-refractivity contribution >= 4 is 0 Å². The summed E-state index contributed by atoms with van der Waals surface area (Å²) in [4.78, 5) is 2.03. The zero-order chi connectivity index (χ0) is 7.98. The summed E-state index contributed by atoms with van der Waals surface area (Å²) >= 11 is 0. The fourth-order valence-electron chi connectivity index (χ4n) is 0.566. The molecule has 0 aliphatic carbocycles. The van der Waals surface area contributed by atoms with E-state index in [1.54, 1.807) is 0 Å². The second-order valence-electron chi connectivity index (χ2n) is 3.30. The fourth-order valence-corrected chi connectivity index (χ4v) is 0.566. The van der Waals surface area contributed by atoms with Crippen LogP contribution in [-0.2, 0) is 4.74 Å². The van der Waals surface area contributed by atoms with Crippen LogP contribution in [0.5, 0.6) is 0 Å². The largest absolute Gasteiger partial charge is 0.366 e. The molecule has 0 aliphatic rings. The molecule has 0 aromatic heterocycles. The number of hydrogen-bond acceptors (Lipinski definition) is 2. The number of hydrogen-bond donors (Lipinski definition) is 0. The van der Waals surface area contributed by atoms with Crippen LogP contribution < -0.4 is 0 Å². The van der Waals surface area contributed by atoms with Crippen molar-refractivity contribution in [1.82, 2.24) is 4.90 Å². The lowest BCUT2D eigenvalue weighted by Gasteiger charge is -2.10. The highest BCUT2D eigenvalue weighted by Crippen LogP contribution is 1.98. The number of nitrogens with zero attached hydrogens (tertiary/aromatic N) is 1. The number of ether oxygens (including phenoxy) is 1. The summed E-state index contributed by atoms with van der Waals surface area (Å²) in [7, 11) is 4.02. The molecule has 0 spiro atoms. The molecule has 0 N–H and O–H groups in total. The van der Waals surface area contributed by atoms with Gasteiger partial charge < -0.3 is 4.74 Å². The van der Waals surface area contributed by atoms with E-state index in [9.17, 15) is 0 Å². The molecule has 0 atom stereocenters. The summed E-state index contributed by atoms with van der Waals surface area (Å²) in [6.07, 6.45) is 1.16. The predicted molar refractivity (Wildman–Crippen MR) is 44.0 cm³/mol. The summed E-state index contributed by atoms with van der Waals surface area (Å²) in [5, 5.41) is 0. The van der Waals surface area contributed by atoms with Crippen LogP contribution >= 0.6 is 0 Å². The van der Waals surface area contributed by atoms with E-state index in [0.717, 1.165) is 25.7 Å². The van der Waals surface area contributed by atoms with Gasteiger partial charge in [0.25, 0.3) is 0 Å². The van der Waals surface area contributed by atoms with Crippen molar-refractivity contribution in [3.8, 4) is 0 Å². The summed E-state index contributed by atoms with van der Waals surface area (Å²) in [6, 6.07) is 0. The topological polar surface area (TPSA) is 12.5 Å². The minimum absolute atomic E-state index is 0.743. The Balaban J connectivity index is 2.91. The SMILES string of the molecule is CC(C)CCOCN(C)C. The first-order valence-electron chi connectivity index (χ1n) is 3.85. The van der Waals surface area contributed by atoms with Crippen LogP contribution in [0.15, 0.2) is 0 Å². The monoisotopic (exact) mass is 145 g/mol. The van der Waals surface area contributed by atoms with Gasteiger partial charge in [0.1, 0.15) is 0 Å². The molecule has 2 heteroatoms. The third-order valence-electron chi connectivity index (χ3n) is 1.19. The fraction of sp³-hybridized carbons (Fsp3) is 1.00. The van der Waals surface area contributed by atoms with Crippen LogP contribution in [0.4, 0.5) is 0 Å². The molecule has 2 nitrogen and oxygen atoms in total. The molecule has 0 rings (SSSR count). The lowest BCUT2D eigenvalue weighted by Crippen LogP contribution is -2.16. The van der Waals surface area contributed by atoms with E-state index in [1.807, 2.05) is 19.0 Å². The summed E-state index contributed by atoms with van der Waals surface area (Å²) in [5.41, 5.74) is 0. The molecule has 0 bridgehead atoms. The molecule has 0 unspecified atom stereocenters. The van der Waals surface area contributed by atoms with Gasteiger partial charge in [-0.1, -0.05) is 13.8 Å². The minimum Gasteiger partial charge on any atom is -0.366 e. The Morgan fingerprint density at radius 1 is 1.30 bits per heavy atom. The Labute approximate surface area is 64.2 Å². The van der Waals surface area contributed by atoms with E-state index in [1.165, 1.54) is 0 Å². The molecule has 62 valence electrons. The molecule has 0 amide bonds. The molecule has 0 aromatic rings. The van der Waals surface area contributed by atoms with Crippen molar-refractivity contribution < 1.29 is 4.74 Å². The molecule has 10 heavy (non-hydrogen) atoms. The van der Waals surface area contributed by atoms with Crippen LogP contribution in [-0.4, -0.2) is 32.3 Å². The Morgan fingerprint density at radius 2 is 1.90 bits per heavy atom. The van der Waals surface area contributed by atoms with E-state index in [2.05, 4.69) is 13.8 Å². The van der Waals surface area contributed by atoms with Crippen molar-refractivity contribution in [2.45, 2.75) is 20.3 Å². The third kappa shape index (κ3) is 7.92. The van der Waals surface area contributed by atoms with E-state index >= 15 is 0 Å². The minimum atomic E-state index is 0.743. The highest BCUT2D eigenvalue weighted by Gasteiger charge is 1.93. The first kappa shape index (κ1) is 9.92. The zero-order valence-corrected chi connectivity index (χ0v) is 7.55. The van der Waals surface area contributed by atoms with E-state index < -0.39 is 0 Å². The van der Waals surface area contributed by atoms with Crippen molar-refractivity contribution in [3.63, 3.8) is 0 Å². The first-order valence-corrected chi connectivity index (χ1v) is 3.85. The van der Waals surface area contributed by atoms with E-state index in [4.69, 9.17) is 4.74 Å². The summed E-state index contributed by atoms with van der Waals surface area (Å²) < 4.78 is 5.33. The lowest BCUT2D eigenvalue weighted by molar-refractivity contribution is 0.0502. The molecule has 0 fully saturated rings. The molecule has 0 radical (unpaired) electrons. The molecule has 0 aliphatic heterocycles. The molecular formula is C8H19NO. The van der Waals surface area contributed by atoms with Crippen LogP contribution in [0.1, 0.15) is 20.3 Å². The van der Waals surface area contributed by atoms with Gasteiger partial charge in [-0.15, -0.1) is 0 Å². The normalized spacial score (nSPS) is 11.4. The van der Waals surface area contributed by atoms with Gasteiger partial charge in [-0.05, 0) is 26.4 Å². The quantitative estimate of drug-likeness (QED) is 0.430. The van der Waals surface area contributed by atoms with Crippen LogP contribution in [0.2, 0.25) is 0 Å². The average molecular weight is 145 g/mol. The average Bonchev–Trinajstić information content (AvgIpc) is 1.79. The Morgan fingerprint density at radius 3 is 2.30 bits per heavy atom. The predicted octanol–water partition coefficient (Wildman–Crippen LogP) is 1.57. The van der Waals surface area contributed by atoms with Gasteiger partial charge in [0.2, 0.25) is 0 Å². The Bertz CT molecular complexity index is 61.7. The van der Waals surface area contributed by atoms with Gasteiger partial charge in [0, 0.05) is 6.61 Å². The standard InChI is InChI=1S/C8H19NO/c1-8(2)5-6-10-7-9(3)4/h8H,5-7H2,1-4H3. The number of rotatable bonds is 5. The highest BCUT2D eigenvalue weighted by molar-refractivity contribution is 4.41. The molecule has 0 saturated heterocycles. The molecular weight excluding hydrogens is 126 g/mol. The van der Waals surface area contributed by atoms with Gasteiger partial charge in [-0.2, -0.15) is 0 Å². The van der Waals surface area contributed by atoms with Crippen LogP contribution in [0.25, 0.3) is 0 Å². The van der Waals surface area contributed by atoms with Crippen LogP contribution in [0, 0.1) is 5.92 Å². The van der Waals surface area contributed by atoms with Gasteiger partial charge >= 0.3 is 0 Å². The van der Waals surface area contributed by atoms with E-state index in [-0.39, 0.29) is 0 Å². The van der Waals surface area contributed by atoms with Crippen molar-refractivity contribution in [3.05, 3.63) is 0 Å². The maximum Gasteiger partial charge on any atom is 0.0985 e. The Hall–Kier alpha value is -0.0800. The molecule has 0 aromatic carbocycles. The molecule has 0 saturated carbocycles. The van der Waals surface area contributed by atoms with Crippen molar-refractivity contribution in [2.24, 2.45) is 5.92 Å². The van der Waals surface area contributed by atoms with Crippen molar-refractivity contribution in [2.75, 3.05) is 27.4 Å². The van der Waals surface area contributed by atoms with Gasteiger partial charge in [-0.3, -0.25) is 4.90 Å². The summed E-state index contributed by atoms with van der Waals surface area (Å²) in [6.45, 7) is 6.04. The maximum absolute atomic E-state index is 5.33. The first-order chi connectivity index (χ1) is 4.63. The third-order valence-corrected chi connectivity index (χ3v) is 1.19. The summed E-state index contributed by atoms with van der Waals surface area (Å²) in [5.74, 6) is 0.752. The zero-order valence-electron chi connectivity index (χ0n) is 7.55.